The fourth-order valence-electron chi connectivity index (χ4n) is 2.76. The molecular weight excluding hydrogens is 348 g/mol. The lowest BCUT2D eigenvalue weighted by Gasteiger charge is -2.02. The number of nitrogens with one attached hydrogen (secondary N) is 1. The van der Waals surface area contributed by atoms with Crippen LogP contribution in [0.1, 0.15) is 32.7 Å². The molecule has 7 heteroatoms. The number of hydrogen-bond donors (Lipinski definition) is 1. The first kappa shape index (κ1) is 16.5. The Labute approximate surface area is 154 Å². The number of fused-ring (bicyclic) bond motifs is 1. The SMILES string of the molecule is Cc1nc(CNC(=O)c2cc3c(C)nn(-c4ccccc4)c3s2)oc1C. The average Bonchev–Trinajstić information content (AvgIpc) is 3.30. The van der Waals surface area contributed by atoms with E-state index in [2.05, 4.69) is 15.4 Å². The van der Waals surface area contributed by atoms with Gasteiger partial charge in [0.1, 0.15) is 10.6 Å². The van der Waals surface area contributed by atoms with Crippen LogP contribution in [0.2, 0.25) is 0 Å². The molecule has 0 spiro atoms. The van der Waals surface area contributed by atoms with Gasteiger partial charge in [0.05, 0.1) is 28.5 Å². The number of carbonyl (C=O) groups excluding carboxylic acids is 1. The molecule has 0 fully saturated rings. The molecule has 0 saturated heterocycles. The van der Waals surface area contributed by atoms with Crippen molar-refractivity contribution >= 4 is 27.5 Å². The highest BCUT2D eigenvalue weighted by molar-refractivity contribution is 7.20. The maximum Gasteiger partial charge on any atom is 0.261 e. The molecule has 4 aromatic rings. The summed E-state index contributed by atoms with van der Waals surface area (Å²) in [6, 6.07) is 11.8. The summed E-state index contributed by atoms with van der Waals surface area (Å²) in [6.45, 7) is 5.96. The van der Waals surface area contributed by atoms with Crippen molar-refractivity contribution in [1.29, 1.82) is 0 Å². The topological polar surface area (TPSA) is 73.0 Å². The van der Waals surface area contributed by atoms with Crippen molar-refractivity contribution in [2.45, 2.75) is 27.3 Å². The zero-order valence-corrected chi connectivity index (χ0v) is 15.6. The van der Waals surface area contributed by atoms with Crippen molar-refractivity contribution in [3.8, 4) is 5.69 Å². The monoisotopic (exact) mass is 366 g/mol. The third-order valence-electron chi connectivity index (χ3n) is 4.24. The Kier molecular flexibility index (Phi) is 4.08. The third-order valence-corrected chi connectivity index (χ3v) is 5.35. The van der Waals surface area contributed by atoms with Crippen LogP contribution in [0.5, 0.6) is 0 Å². The average molecular weight is 366 g/mol. The number of aryl methyl sites for hydroxylation is 3. The van der Waals surface area contributed by atoms with E-state index in [9.17, 15) is 4.79 Å². The second-order valence-corrected chi connectivity index (χ2v) is 7.12. The standard InChI is InChI=1S/C19H18N4O2S/c1-11-13(3)25-17(21-11)10-20-18(24)16-9-15-12(2)22-23(19(15)26-16)14-7-5-4-6-8-14/h4-9H,10H2,1-3H3,(H,20,24). The van der Waals surface area contributed by atoms with Gasteiger partial charge in [-0.1, -0.05) is 18.2 Å². The first-order valence-electron chi connectivity index (χ1n) is 8.28. The van der Waals surface area contributed by atoms with E-state index >= 15 is 0 Å². The first-order chi connectivity index (χ1) is 12.5. The smallest absolute Gasteiger partial charge is 0.261 e. The van der Waals surface area contributed by atoms with Gasteiger partial charge in [0.2, 0.25) is 5.89 Å². The van der Waals surface area contributed by atoms with Crippen molar-refractivity contribution in [3.05, 3.63) is 64.3 Å². The number of hydrogen-bond acceptors (Lipinski definition) is 5. The van der Waals surface area contributed by atoms with Gasteiger partial charge in [-0.3, -0.25) is 4.79 Å². The Morgan fingerprint density at radius 1 is 1.19 bits per heavy atom. The van der Waals surface area contributed by atoms with Gasteiger partial charge in [0.15, 0.2) is 0 Å². The maximum atomic E-state index is 12.5. The Balaban J connectivity index is 1.60. The van der Waals surface area contributed by atoms with E-state index in [1.54, 1.807) is 0 Å². The summed E-state index contributed by atoms with van der Waals surface area (Å²) in [5.74, 6) is 1.15. The lowest BCUT2D eigenvalue weighted by Crippen LogP contribution is -2.21. The highest BCUT2D eigenvalue weighted by Crippen LogP contribution is 2.30. The van der Waals surface area contributed by atoms with Crippen LogP contribution in [0.15, 0.2) is 40.8 Å². The van der Waals surface area contributed by atoms with Crippen LogP contribution in [0, 0.1) is 20.8 Å². The number of para-hydroxylation sites is 1. The summed E-state index contributed by atoms with van der Waals surface area (Å²) in [5, 5.41) is 8.46. The fraction of sp³-hybridized carbons (Fsp3) is 0.211. The van der Waals surface area contributed by atoms with Crippen molar-refractivity contribution in [2.75, 3.05) is 0 Å². The minimum absolute atomic E-state index is 0.140. The molecule has 0 aliphatic carbocycles. The van der Waals surface area contributed by atoms with Crippen molar-refractivity contribution < 1.29 is 9.21 Å². The highest BCUT2D eigenvalue weighted by atomic mass is 32.1. The molecule has 0 atom stereocenters. The Morgan fingerprint density at radius 2 is 1.96 bits per heavy atom. The number of nitrogens with zero attached hydrogens (tertiary/aromatic N) is 3. The maximum absolute atomic E-state index is 12.5. The van der Waals surface area contributed by atoms with E-state index in [-0.39, 0.29) is 12.5 Å². The quantitative estimate of drug-likeness (QED) is 0.594. The van der Waals surface area contributed by atoms with Crippen LogP contribution in [-0.4, -0.2) is 20.7 Å². The van der Waals surface area contributed by atoms with Gasteiger partial charge >= 0.3 is 0 Å². The zero-order valence-electron chi connectivity index (χ0n) is 14.7. The molecule has 3 aromatic heterocycles. The van der Waals surface area contributed by atoms with E-state index in [0.717, 1.165) is 33.1 Å². The molecule has 0 radical (unpaired) electrons. The second-order valence-electron chi connectivity index (χ2n) is 6.09. The number of oxazole rings is 1. The molecule has 0 aliphatic rings. The molecule has 26 heavy (non-hydrogen) atoms. The number of amides is 1. The van der Waals surface area contributed by atoms with Crippen molar-refractivity contribution in [1.82, 2.24) is 20.1 Å². The van der Waals surface area contributed by atoms with Gasteiger partial charge in [0, 0.05) is 5.39 Å². The summed E-state index contributed by atoms with van der Waals surface area (Å²) >= 11 is 1.43. The Hall–Kier alpha value is -2.93. The zero-order chi connectivity index (χ0) is 18.3. The van der Waals surface area contributed by atoms with Crippen LogP contribution in [0.3, 0.4) is 0 Å². The minimum Gasteiger partial charge on any atom is -0.444 e. The molecule has 0 saturated carbocycles. The van der Waals surface area contributed by atoms with Crippen molar-refractivity contribution in [2.24, 2.45) is 0 Å². The predicted octanol–water partition coefficient (Wildman–Crippen LogP) is 3.93. The molecule has 132 valence electrons. The normalized spacial score (nSPS) is 11.2. The molecule has 1 amide bonds. The van der Waals surface area contributed by atoms with Gasteiger partial charge in [-0.05, 0) is 39.0 Å². The van der Waals surface area contributed by atoms with Crippen LogP contribution in [-0.2, 0) is 6.54 Å². The van der Waals surface area contributed by atoms with Crippen molar-refractivity contribution in [3.63, 3.8) is 0 Å². The van der Waals surface area contributed by atoms with E-state index in [4.69, 9.17) is 4.42 Å². The molecule has 0 bridgehead atoms. The Morgan fingerprint density at radius 3 is 2.65 bits per heavy atom. The Bertz CT molecular complexity index is 1070. The summed E-state index contributed by atoms with van der Waals surface area (Å²) in [4.78, 5) is 18.4. The molecule has 0 unspecified atom stereocenters. The summed E-state index contributed by atoms with van der Waals surface area (Å²) < 4.78 is 7.39. The van der Waals surface area contributed by atoms with Crippen LogP contribution in [0.25, 0.3) is 15.9 Å². The van der Waals surface area contributed by atoms with Crippen LogP contribution in [0.4, 0.5) is 0 Å². The first-order valence-corrected chi connectivity index (χ1v) is 9.10. The van der Waals surface area contributed by atoms with Gasteiger partial charge in [-0.2, -0.15) is 5.10 Å². The molecule has 3 heterocycles. The molecule has 4 rings (SSSR count). The lowest BCUT2D eigenvalue weighted by atomic mass is 10.3. The number of thiophene rings is 1. The molecule has 6 nitrogen and oxygen atoms in total. The van der Waals surface area contributed by atoms with Gasteiger partial charge < -0.3 is 9.73 Å². The van der Waals surface area contributed by atoms with Gasteiger partial charge in [-0.15, -0.1) is 11.3 Å². The third kappa shape index (κ3) is 2.90. The van der Waals surface area contributed by atoms with E-state index < -0.39 is 0 Å². The second kappa shape index (κ2) is 6.42. The summed E-state index contributed by atoms with van der Waals surface area (Å²) in [7, 11) is 0. The number of benzene rings is 1. The molecule has 0 aliphatic heterocycles. The minimum atomic E-state index is -0.140. The molecular formula is C19H18N4O2S. The van der Waals surface area contributed by atoms with Gasteiger partial charge in [-0.25, -0.2) is 9.67 Å². The molecule has 1 N–H and O–H groups in total. The lowest BCUT2D eigenvalue weighted by molar-refractivity contribution is 0.0951. The predicted molar refractivity (Wildman–Crippen MR) is 101 cm³/mol. The van der Waals surface area contributed by atoms with Gasteiger partial charge in [0.25, 0.3) is 5.91 Å². The highest BCUT2D eigenvalue weighted by Gasteiger charge is 2.17. The number of carbonyl (C=O) groups is 1. The van der Waals surface area contributed by atoms with Crippen LogP contribution >= 0.6 is 11.3 Å². The van der Waals surface area contributed by atoms with E-state index in [0.29, 0.717) is 10.8 Å². The summed E-state index contributed by atoms with van der Waals surface area (Å²) in [6.07, 6.45) is 0. The van der Waals surface area contributed by atoms with E-state index in [1.807, 2.05) is 61.9 Å². The van der Waals surface area contributed by atoms with Crippen LogP contribution < -0.4 is 5.32 Å². The fourth-order valence-corrected chi connectivity index (χ4v) is 3.86. The largest absolute Gasteiger partial charge is 0.444 e. The number of aromatic nitrogens is 3. The summed E-state index contributed by atoms with van der Waals surface area (Å²) in [5.41, 5.74) is 2.72. The molecule has 1 aromatic carbocycles. The van der Waals surface area contributed by atoms with E-state index in [1.165, 1.54) is 11.3 Å². The number of rotatable bonds is 4.